The molecule has 1 atom stereocenters. The molecule has 5 heteroatoms. The molecule has 2 rings (SSSR count). The molecule has 0 spiro atoms. The smallest absolute Gasteiger partial charge is 0.0897 e. The first kappa shape index (κ1) is 16.5. The lowest BCUT2D eigenvalue weighted by molar-refractivity contribution is -0.0277. The molecule has 21 heavy (non-hydrogen) atoms. The van der Waals surface area contributed by atoms with E-state index in [9.17, 15) is 5.11 Å². The predicted molar refractivity (Wildman–Crippen MR) is 83.2 cm³/mol. The second-order valence-corrected chi connectivity index (χ2v) is 6.30. The molecule has 0 bridgehead atoms. The van der Waals surface area contributed by atoms with E-state index in [4.69, 9.17) is 4.74 Å². The molecule has 1 saturated carbocycles. The molecule has 0 saturated heterocycles. The van der Waals surface area contributed by atoms with Crippen molar-refractivity contribution in [2.75, 3.05) is 19.7 Å². The Morgan fingerprint density at radius 3 is 2.86 bits per heavy atom. The van der Waals surface area contributed by atoms with Gasteiger partial charge in [0.05, 0.1) is 24.5 Å². The van der Waals surface area contributed by atoms with E-state index >= 15 is 0 Å². The van der Waals surface area contributed by atoms with Crippen LogP contribution in [0.2, 0.25) is 0 Å². The number of hydrogen-bond acceptors (Lipinski definition) is 4. The van der Waals surface area contributed by atoms with Crippen molar-refractivity contribution in [1.82, 2.24) is 15.1 Å². The molecule has 5 nitrogen and oxygen atoms in total. The summed E-state index contributed by atoms with van der Waals surface area (Å²) in [6, 6.07) is 2.02. The summed E-state index contributed by atoms with van der Waals surface area (Å²) in [5.74, 6) is 0.836. The Hall–Kier alpha value is -0.910. The highest BCUT2D eigenvalue weighted by atomic mass is 16.5. The van der Waals surface area contributed by atoms with Crippen molar-refractivity contribution in [1.29, 1.82) is 0 Å². The molecule has 1 unspecified atom stereocenters. The fraction of sp³-hybridized carbons (Fsp3) is 0.812. The molecule has 1 aromatic rings. The number of aromatic nitrogens is 2. The third kappa shape index (κ3) is 6.16. The number of aliphatic hydroxyl groups excluding tert-OH is 1. The van der Waals surface area contributed by atoms with Crippen LogP contribution in [0.4, 0.5) is 0 Å². The maximum absolute atomic E-state index is 9.93. The Morgan fingerprint density at radius 1 is 1.43 bits per heavy atom. The maximum atomic E-state index is 9.93. The Balaban J connectivity index is 1.50. The van der Waals surface area contributed by atoms with Crippen molar-refractivity contribution in [2.24, 2.45) is 13.0 Å². The van der Waals surface area contributed by atoms with Gasteiger partial charge in [0, 0.05) is 32.8 Å². The van der Waals surface area contributed by atoms with Gasteiger partial charge in [0.2, 0.25) is 0 Å². The van der Waals surface area contributed by atoms with Gasteiger partial charge in [-0.15, -0.1) is 0 Å². The quantitative estimate of drug-likeness (QED) is 0.714. The van der Waals surface area contributed by atoms with Crippen LogP contribution in [0.15, 0.2) is 12.3 Å². The summed E-state index contributed by atoms with van der Waals surface area (Å²) in [5.41, 5.74) is 1.08. The van der Waals surface area contributed by atoms with Crippen LogP contribution in [0.1, 0.15) is 38.3 Å². The van der Waals surface area contributed by atoms with Gasteiger partial charge >= 0.3 is 0 Å². The van der Waals surface area contributed by atoms with Gasteiger partial charge in [-0.3, -0.25) is 4.68 Å². The second kappa shape index (κ2) is 8.51. The summed E-state index contributed by atoms with van der Waals surface area (Å²) in [6.45, 7) is 4.15. The fourth-order valence-corrected chi connectivity index (χ4v) is 2.78. The maximum Gasteiger partial charge on any atom is 0.0897 e. The van der Waals surface area contributed by atoms with Crippen molar-refractivity contribution < 1.29 is 9.84 Å². The summed E-state index contributed by atoms with van der Waals surface area (Å²) in [4.78, 5) is 0. The number of rotatable bonds is 8. The Bertz CT molecular complexity index is 400. The molecule has 1 heterocycles. The van der Waals surface area contributed by atoms with Gasteiger partial charge in [0.15, 0.2) is 0 Å². The number of nitrogens with one attached hydrogen (secondary N) is 1. The summed E-state index contributed by atoms with van der Waals surface area (Å²) in [5, 5.41) is 17.5. The Labute approximate surface area is 127 Å². The summed E-state index contributed by atoms with van der Waals surface area (Å²) >= 11 is 0. The number of aryl methyl sites for hydroxylation is 1. The second-order valence-electron chi connectivity index (χ2n) is 6.30. The van der Waals surface area contributed by atoms with Gasteiger partial charge in [0.25, 0.3) is 0 Å². The first-order valence-electron chi connectivity index (χ1n) is 8.12. The molecular weight excluding hydrogens is 266 g/mol. The average Bonchev–Trinajstić information content (AvgIpc) is 2.89. The van der Waals surface area contributed by atoms with E-state index in [1.54, 1.807) is 0 Å². The summed E-state index contributed by atoms with van der Waals surface area (Å²) in [7, 11) is 1.92. The zero-order valence-electron chi connectivity index (χ0n) is 13.3. The number of nitrogens with zero attached hydrogens (tertiary/aromatic N) is 2. The molecule has 1 aromatic heterocycles. The van der Waals surface area contributed by atoms with Crippen molar-refractivity contribution >= 4 is 0 Å². The van der Waals surface area contributed by atoms with Crippen LogP contribution >= 0.6 is 0 Å². The van der Waals surface area contributed by atoms with E-state index in [1.165, 1.54) is 12.8 Å². The van der Waals surface area contributed by atoms with Gasteiger partial charge < -0.3 is 15.2 Å². The molecule has 0 aromatic carbocycles. The van der Waals surface area contributed by atoms with Gasteiger partial charge in [-0.1, -0.05) is 6.92 Å². The largest absolute Gasteiger partial charge is 0.389 e. The van der Waals surface area contributed by atoms with E-state index in [0.29, 0.717) is 19.3 Å². The van der Waals surface area contributed by atoms with Gasteiger partial charge in [-0.05, 0) is 37.7 Å². The lowest BCUT2D eigenvalue weighted by Crippen LogP contribution is -2.33. The van der Waals surface area contributed by atoms with Crippen molar-refractivity contribution in [3.8, 4) is 0 Å². The predicted octanol–water partition coefficient (Wildman–Crippen LogP) is 1.51. The van der Waals surface area contributed by atoms with Gasteiger partial charge in [-0.2, -0.15) is 5.10 Å². The lowest BCUT2D eigenvalue weighted by atomic mass is 9.89. The highest BCUT2D eigenvalue weighted by Gasteiger charge is 2.19. The van der Waals surface area contributed by atoms with Crippen LogP contribution in [0, 0.1) is 5.92 Å². The number of hydrogen-bond donors (Lipinski definition) is 2. The zero-order chi connectivity index (χ0) is 15.1. The van der Waals surface area contributed by atoms with Crippen molar-refractivity contribution in [3.05, 3.63) is 18.0 Å². The van der Waals surface area contributed by atoms with E-state index in [1.807, 2.05) is 24.0 Å². The molecule has 0 aliphatic heterocycles. The Kier molecular flexibility index (Phi) is 6.67. The van der Waals surface area contributed by atoms with Crippen LogP contribution in [-0.4, -0.2) is 46.8 Å². The van der Waals surface area contributed by atoms with Crippen LogP contribution in [0.25, 0.3) is 0 Å². The molecule has 0 radical (unpaired) electrons. The van der Waals surface area contributed by atoms with Gasteiger partial charge in [-0.25, -0.2) is 0 Å². The third-order valence-corrected chi connectivity index (χ3v) is 4.19. The molecular formula is C16H29N3O2. The lowest BCUT2D eigenvalue weighted by Gasteiger charge is -2.27. The molecule has 1 aliphatic rings. The molecule has 120 valence electrons. The highest BCUT2D eigenvalue weighted by Crippen LogP contribution is 2.25. The fourth-order valence-electron chi connectivity index (χ4n) is 2.78. The van der Waals surface area contributed by atoms with Crippen LogP contribution in [0.3, 0.4) is 0 Å². The van der Waals surface area contributed by atoms with Crippen LogP contribution in [0.5, 0.6) is 0 Å². The topological polar surface area (TPSA) is 59.3 Å². The SMILES string of the molecule is CC1CCC(OCC(O)CNCCc2ccn(C)n2)CC1. The first-order chi connectivity index (χ1) is 10.1. The number of aliphatic hydroxyl groups is 1. The molecule has 2 N–H and O–H groups in total. The average molecular weight is 295 g/mol. The third-order valence-electron chi connectivity index (χ3n) is 4.19. The van der Waals surface area contributed by atoms with Crippen LogP contribution < -0.4 is 5.32 Å². The standard InChI is InChI=1S/C16H29N3O2/c1-13-3-5-16(6-4-13)21-12-15(20)11-17-9-7-14-8-10-19(2)18-14/h8,10,13,15-17,20H,3-7,9,11-12H2,1-2H3. The normalized spacial score (nSPS) is 24.1. The summed E-state index contributed by atoms with van der Waals surface area (Å²) in [6.07, 6.45) is 7.55. The van der Waals surface area contributed by atoms with Gasteiger partial charge in [0.1, 0.15) is 0 Å². The number of ether oxygens (including phenoxy) is 1. The minimum atomic E-state index is -0.423. The van der Waals surface area contributed by atoms with E-state index in [-0.39, 0.29) is 0 Å². The minimum Gasteiger partial charge on any atom is -0.389 e. The Morgan fingerprint density at radius 2 is 2.19 bits per heavy atom. The molecule has 1 fully saturated rings. The van der Waals surface area contributed by atoms with E-state index in [2.05, 4.69) is 17.3 Å². The summed E-state index contributed by atoms with van der Waals surface area (Å²) < 4.78 is 7.61. The monoisotopic (exact) mass is 295 g/mol. The van der Waals surface area contributed by atoms with E-state index in [0.717, 1.165) is 37.4 Å². The highest BCUT2D eigenvalue weighted by molar-refractivity contribution is 4.98. The molecule has 1 aliphatic carbocycles. The first-order valence-corrected chi connectivity index (χ1v) is 8.12. The molecule has 0 amide bonds. The van der Waals surface area contributed by atoms with Crippen molar-refractivity contribution in [3.63, 3.8) is 0 Å². The minimum absolute atomic E-state index is 0.351. The van der Waals surface area contributed by atoms with Crippen LogP contribution in [-0.2, 0) is 18.2 Å². The van der Waals surface area contributed by atoms with E-state index < -0.39 is 6.10 Å². The van der Waals surface area contributed by atoms with Crippen molar-refractivity contribution in [2.45, 2.75) is 51.2 Å². The zero-order valence-corrected chi connectivity index (χ0v) is 13.3.